The molecule has 0 aromatic rings. The molecule has 18 heavy (non-hydrogen) atoms. The van der Waals surface area contributed by atoms with E-state index < -0.39 is 0 Å². The second-order valence-electron chi connectivity index (χ2n) is 6.12. The number of nitrogens with two attached hydrogens (primary N) is 1. The van der Waals surface area contributed by atoms with Gasteiger partial charge in [0.1, 0.15) is 0 Å². The molecule has 4 nitrogen and oxygen atoms in total. The highest BCUT2D eigenvalue weighted by atomic mass is 16.3. The number of hydrogen-bond acceptors (Lipinski definition) is 3. The summed E-state index contributed by atoms with van der Waals surface area (Å²) in [6, 6.07) is 0.368. The summed E-state index contributed by atoms with van der Waals surface area (Å²) < 4.78 is 0. The molecule has 4 heteroatoms. The van der Waals surface area contributed by atoms with E-state index in [0.717, 1.165) is 38.5 Å². The van der Waals surface area contributed by atoms with E-state index in [9.17, 15) is 4.79 Å². The maximum Gasteiger partial charge on any atom is 0.230 e. The third-order valence-corrected chi connectivity index (χ3v) is 4.67. The maximum absolute atomic E-state index is 12.8. The van der Waals surface area contributed by atoms with Gasteiger partial charge in [-0.25, -0.2) is 0 Å². The lowest BCUT2D eigenvalue weighted by molar-refractivity contribution is -0.145. The van der Waals surface area contributed by atoms with Crippen LogP contribution in [-0.4, -0.2) is 41.7 Å². The Morgan fingerprint density at radius 3 is 2.39 bits per heavy atom. The van der Waals surface area contributed by atoms with Crippen molar-refractivity contribution in [1.29, 1.82) is 0 Å². The minimum atomic E-state index is -0.343. The molecule has 0 unspecified atom stereocenters. The molecule has 3 N–H and O–H groups in total. The minimum Gasteiger partial charge on any atom is -0.395 e. The van der Waals surface area contributed by atoms with Crippen LogP contribution < -0.4 is 5.73 Å². The zero-order valence-corrected chi connectivity index (χ0v) is 11.4. The van der Waals surface area contributed by atoms with Gasteiger partial charge in [0.05, 0.1) is 12.0 Å². The zero-order valence-electron chi connectivity index (χ0n) is 11.4. The third-order valence-electron chi connectivity index (χ3n) is 4.67. The van der Waals surface area contributed by atoms with Crippen LogP contribution in [0.15, 0.2) is 0 Å². The summed E-state index contributed by atoms with van der Waals surface area (Å²) in [5.41, 5.74) is 5.59. The summed E-state index contributed by atoms with van der Waals surface area (Å²) in [5, 5.41) is 9.13. The van der Waals surface area contributed by atoms with Gasteiger partial charge in [0, 0.05) is 19.1 Å². The van der Waals surface area contributed by atoms with Crippen LogP contribution in [0.1, 0.15) is 45.4 Å². The first kappa shape index (κ1) is 13.8. The Kier molecular flexibility index (Phi) is 4.28. The molecular formula is C14H26N2O2. The average Bonchev–Trinajstić information content (AvgIpc) is 3.21. The number of amides is 1. The fourth-order valence-corrected chi connectivity index (χ4v) is 3.07. The summed E-state index contributed by atoms with van der Waals surface area (Å²) in [4.78, 5) is 14.7. The summed E-state index contributed by atoms with van der Waals surface area (Å²) in [7, 11) is 0. The van der Waals surface area contributed by atoms with Crippen molar-refractivity contribution in [3.05, 3.63) is 0 Å². The van der Waals surface area contributed by atoms with E-state index in [1.807, 2.05) is 4.90 Å². The second kappa shape index (κ2) is 5.57. The molecule has 0 bridgehead atoms. The molecule has 0 aromatic carbocycles. The van der Waals surface area contributed by atoms with Crippen LogP contribution in [0.3, 0.4) is 0 Å². The van der Waals surface area contributed by atoms with Crippen molar-refractivity contribution in [3.63, 3.8) is 0 Å². The van der Waals surface area contributed by atoms with Gasteiger partial charge in [-0.15, -0.1) is 0 Å². The maximum atomic E-state index is 12.8. The van der Waals surface area contributed by atoms with Gasteiger partial charge in [-0.3, -0.25) is 4.79 Å². The van der Waals surface area contributed by atoms with E-state index in [4.69, 9.17) is 10.8 Å². The minimum absolute atomic E-state index is 0.0549. The Morgan fingerprint density at radius 2 is 1.94 bits per heavy atom. The first-order valence-electron chi connectivity index (χ1n) is 7.25. The van der Waals surface area contributed by atoms with Gasteiger partial charge < -0.3 is 15.7 Å². The van der Waals surface area contributed by atoms with E-state index in [2.05, 4.69) is 6.92 Å². The average molecular weight is 254 g/mol. The summed E-state index contributed by atoms with van der Waals surface area (Å²) in [6.45, 7) is 3.23. The van der Waals surface area contributed by atoms with Crippen molar-refractivity contribution in [2.45, 2.75) is 51.5 Å². The number of aliphatic hydroxyl groups excluding tert-OH is 1. The third kappa shape index (κ3) is 2.69. The molecule has 0 saturated heterocycles. The van der Waals surface area contributed by atoms with Gasteiger partial charge in [0.25, 0.3) is 0 Å². The first-order valence-corrected chi connectivity index (χ1v) is 7.25. The van der Waals surface area contributed by atoms with Crippen molar-refractivity contribution in [1.82, 2.24) is 4.90 Å². The molecule has 2 fully saturated rings. The lowest BCUT2D eigenvalue weighted by Gasteiger charge is -2.40. The molecule has 0 radical (unpaired) electrons. The van der Waals surface area contributed by atoms with Crippen LogP contribution in [0.4, 0.5) is 0 Å². The lowest BCUT2D eigenvalue weighted by Crippen LogP contribution is -2.51. The van der Waals surface area contributed by atoms with Crippen LogP contribution in [0.25, 0.3) is 0 Å². The van der Waals surface area contributed by atoms with Crippen LogP contribution in [0.5, 0.6) is 0 Å². The van der Waals surface area contributed by atoms with Crippen molar-refractivity contribution in [2.24, 2.45) is 17.1 Å². The largest absolute Gasteiger partial charge is 0.395 e. The summed E-state index contributed by atoms with van der Waals surface area (Å²) in [5.74, 6) is 0.915. The number of hydrogen-bond donors (Lipinski definition) is 2. The molecule has 2 saturated carbocycles. The van der Waals surface area contributed by atoms with Gasteiger partial charge in [0.15, 0.2) is 0 Å². The van der Waals surface area contributed by atoms with E-state index in [0.29, 0.717) is 25.0 Å². The van der Waals surface area contributed by atoms with Gasteiger partial charge in [-0.05, 0) is 44.4 Å². The molecule has 2 aliphatic carbocycles. The lowest BCUT2D eigenvalue weighted by atomic mass is 9.70. The van der Waals surface area contributed by atoms with Gasteiger partial charge >= 0.3 is 0 Å². The van der Waals surface area contributed by atoms with Gasteiger partial charge in [0.2, 0.25) is 5.91 Å². The molecule has 104 valence electrons. The normalized spacial score (nSPS) is 32.3. The number of carbonyl (C=O) groups is 1. The van der Waals surface area contributed by atoms with E-state index in [1.165, 1.54) is 0 Å². The van der Waals surface area contributed by atoms with Crippen LogP contribution >= 0.6 is 0 Å². The van der Waals surface area contributed by atoms with Gasteiger partial charge in [-0.2, -0.15) is 0 Å². The fourth-order valence-electron chi connectivity index (χ4n) is 3.07. The molecule has 0 atom stereocenters. The monoisotopic (exact) mass is 254 g/mol. The smallest absolute Gasteiger partial charge is 0.230 e. The second-order valence-corrected chi connectivity index (χ2v) is 6.12. The predicted molar refractivity (Wildman–Crippen MR) is 70.9 cm³/mol. The Morgan fingerprint density at radius 1 is 1.33 bits per heavy atom. The zero-order chi connectivity index (χ0) is 13.2. The van der Waals surface area contributed by atoms with E-state index in [1.54, 1.807) is 0 Å². The van der Waals surface area contributed by atoms with Crippen molar-refractivity contribution >= 4 is 5.91 Å². The van der Waals surface area contributed by atoms with E-state index >= 15 is 0 Å². The molecule has 0 spiro atoms. The van der Waals surface area contributed by atoms with Crippen LogP contribution in [0, 0.1) is 11.3 Å². The highest BCUT2D eigenvalue weighted by Crippen LogP contribution is 2.41. The van der Waals surface area contributed by atoms with Crippen LogP contribution in [0.2, 0.25) is 0 Å². The Bertz CT molecular complexity index is 294. The van der Waals surface area contributed by atoms with E-state index in [-0.39, 0.29) is 17.9 Å². The molecule has 0 aromatic heterocycles. The molecule has 0 aliphatic heterocycles. The standard InChI is InChI=1S/C14H26N2O2/c1-11-4-6-14(10-15,7-5-11)13(18)16(8-9-17)12-2-3-12/h11-12,17H,2-10,15H2,1H3. The molecule has 1 amide bonds. The SMILES string of the molecule is CC1CCC(CN)(C(=O)N(CCO)C2CC2)CC1. The number of aliphatic hydroxyl groups is 1. The van der Waals surface area contributed by atoms with Crippen molar-refractivity contribution in [2.75, 3.05) is 19.7 Å². The Hall–Kier alpha value is -0.610. The van der Waals surface area contributed by atoms with Crippen molar-refractivity contribution in [3.8, 4) is 0 Å². The first-order chi connectivity index (χ1) is 8.63. The molecular weight excluding hydrogens is 228 g/mol. The summed E-state index contributed by atoms with van der Waals surface area (Å²) in [6.07, 6.45) is 6.20. The fraction of sp³-hybridized carbons (Fsp3) is 0.929. The number of rotatable bonds is 5. The highest BCUT2D eigenvalue weighted by molar-refractivity contribution is 5.83. The predicted octanol–water partition coefficient (Wildman–Crippen LogP) is 1.12. The topological polar surface area (TPSA) is 66.6 Å². The van der Waals surface area contributed by atoms with Gasteiger partial charge in [-0.1, -0.05) is 6.92 Å². The number of nitrogens with zero attached hydrogens (tertiary/aromatic N) is 1. The molecule has 2 rings (SSSR count). The Balaban J connectivity index is 2.07. The quantitative estimate of drug-likeness (QED) is 0.773. The van der Waals surface area contributed by atoms with Crippen molar-refractivity contribution < 1.29 is 9.90 Å². The molecule has 0 heterocycles. The van der Waals surface area contributed by atoms with Crippen LogP contribution in [-0.2, 0) is 4.79 Å². The highest BCUT2D eigenvalue weighted by Gasteiger charge is 2.45. The summed E-state index contributed by atoms with van der Waals surface area (Å²) >= 11 is 0. The molecule has 2 aliphatic rings. The Labute approximate surface area is 110 Å². The number of carbonyl (C=O) groups excluding carboxylic acids is 1.